The molecule has 2 rings (SSSR count). The van der Waals surface area contributed by atoms with Gasteiger partial charge in [0.25, 0.3) is 0 Å². The lowest BCUT2D eigenvalue weighted by molar-refractivity contribution is -0.149. The molecule has 25 heavy (non-hydrogen) atoms. The van der Waals surface area contributed by atoms with Crippen LogP contribution in [0.1, 0.15) is 74.9 Å². The molecule has 1 aromatic carbocycles. The molecule has 4 heteroatoms. The van der Waals surface area contributed by atoms with E-state index in [1.807, 2.05) is 6.07 Å². The van der Waals surface area contributed by atoms with Crippen LogP contribution < -0.4 is 0 Å². The molecule has 1 aromatic rings. The van der Waals surface area contributed by atoms with Gasteiger partial charge in [-0.2, -0.15) is 0 Å². The van der Waals surface area contributed by atoms with E-state index in [9.17, 15) is 9.59 Å². The number of aryl methyl sites for hydroxylation is 1. The van der Waals surface area contributed by atoms with Crippen molar-refractivity contribution in [3.8, 4) is 0 Å². The van der Waals surface area contributed by atoms with Crippen LogP contribution in [-0.2, 0) is 22.4 Å². The Morgan fingerprint density at radius 1 is 1.24 bits per heavy atom. The van der Waals surface area contributed by atoms with Crippen LogP contribution in [-0.4, -0.2) is 23.7 Å². The van der Waals surface area contributed by atoms with Gasteiger partial charge in [-0.15, -0.1) is 0 Å². The van der Waals surface area contributed by atoms with E-state index in [1.165, 1.54) is 6.42 Å². The summed E-state index contributed by atoms with van der Waals surface area (Å²) in [5.41, 5.74) is 2.43. The molecule has 0 saturated heterocycles. The number of carbonyl (C=O) groups is 2. The van der Waals surface area contributed by atoms with Gasteiger partial charge < -0.3 is 9.84 Å². The summed E-state index contributed by atoms with van der Waals surface area (Å²) in [7, 11) is 0. The van der Waals surface area contributed by atoms with E-state index in [0.717, 1.165) is 36.8 Å². The van der Waals surface area contributed by atoms with Crippen molar-refractivity contribution in [2.24, 2.45) is 11.8 Å². The van der Waals surface area contributed by atoms with Crippen molar-refractivity contribution in [3.05, 3.63) is 34.9 Å². The molecule has 0 bridgehead atoms. The first-order chi connectivity index (χ1) is 11.9. The van der Waals surface area contributed by atoms with Crippen LogP contribution in [0.3, 0.4) is 0 Å². The molecule has 1 aliphatic rings. The van der Waals surface area contributed by atoms with Crippen LogP contribution in [0.5, 0.6) is 0 Å². The van der Waals surface area contributed by atoms with E-state index in [0.29, 0.717) is 24.5 Å². The number of hydrogen-bond donors (Lipinski definition) is 1. The van der Waals surface area contributed by atoms with Gasteiger partial charge in [0.1, 0.15) is 0 Å². The summed E-state index contributed by atoms with van der Waals surface area (Å²) in [6.07, 6.45) is 5.35. The molecule has 0 aromatic heterocycles. The highest BCUT2D eigenvalue weighted by Crippen LogP contribution is 2.27. The lowest BCUT2D eigenvalue weighted by Gasteiger charge is -2.23. The second kappa shape index (κ2) is 10.9. The molecular weight excluding hydrogens is 316 g/mol. The second-order valence-electron chi connectivity index (χ2n) is 7.14. The zero-order chi connectivity index (χ0) is 18.8. The van der Waals surface area contributed by atoms with Gasteiger partial charge >= 0.3 is 11.9 Å². The third kappa shape index (κ3) is 7.29. The SMILES string of the molecule is CC(C)CCCOC(=O)C1CCc2cc(C(=O)O)ccc2C1.CCC. The van der Waals surface area contributed by atoms with E-state index < -0.39 is 5.97 Å². The predicted octanol–water partition coefficient (Wildman–Crippen LogP) is 4.89. The zero-order valence-corrected chi connectivity index (χ0v) is 16.0. The lowest BCUT2D eigenvalue weighted by Crippen LogP contribution is -2.25. The molecule has 0 spiro atoms. The number of ether oxygens (including phenoxy) is 1. The molecule has 0 saturated carbocycles. The normalized spacial score (nSPS) is 15.8. The maximum atomic E-state index is 12.1. The number of carboxylic acids is 1. The summed E-state index contributed by atoms with van der Waals surface area (Å²) in [6.45, 7) is 9.06. The van der Waals surface area contributed by atoms with Gasteiger partial charge in [-0.05, 0) is 61.3 Å². The molecule has 0 amide bonds. The van der Waals surface area contributed by atoms with Gasteiger partial charge in [0.2, 0.25) is 0 Å². The van der Waals surface area contributed by atoms with Gasteiger partial charge in [-0.3, -0.25) is 4.79 Å². The van der Waals surface area contributed by atoms with Crippen molar-refractivity contribution in [3.63, 3.8) is 0 Å². The molecule has 0 aliphatic heterocycles. The Labute approximate surface area is 151 Å². The van der Waals surface area contributed by atoms with Gasteiger partial charge in [0, 0.05) is 0 Å². The quantitative estimate of drug-likeness (QED) is 0.587. The molecule has 4 nitrogen and oxygen atoms in total. The smallest absolute Gasteiger partial charge is 0.335 e. The van der Waals surface area contributed by atoms with Crippen LogP contribution in [0, 0.1) is 11.8 Å². The number of carboxylic acid groups (broad SMARTS) is 1. The summed E-state index contributed by atoms with van der Waals surface area (Å²) in [5, 5.41) is 9.01. The Hall–Kier alpha value is -1.84. The second-order valence-corrected chi connectivity index (χ2v) is 7.14. The summed E-state index contributed by atoms with van der Waals surface area (Å²) in [5.74, 6) is -0.489. The fraction of sp³-hybridized carbons (Fsp3) is 0.619. The Balaban J connectivity index is 0.000000970. The third-order valence-corrected chi connectivity index (χ3v) is 4.19. The molecule has 0 fully saturated rings. The van der Waals surface area contributed by atoms with Crippen molar-refractivity contribution in [2.45, 2.75) is 66.2 Å². The van der Waals surface area contributed by atoms with E-state index in [4.69, 9.17) is 9.84 Å². The highest BCUT2D eigenvalue weighted by atomic mass is 16.5. The number of benzene rings is 1. The number of fused-ring (bicyclic) bond motifs is 1. The summed E-state index contributed by atoms with van der Waals surface area (Å²) in [4.78, 5) is 23.1. The van der Waals surface area contributed by atoms with Crippen molar-refractivity contribution >= 4 is 11.9 Å². The van der Waals surface area contributed by atoms with Gasteiger partial charge in [-0.1, -0.05) is 40.2 Å². The topological polar surface area (TPSA) is 63.6 Å². The third-order valence-electron chi connectivity index (χ3n) is 4.19. The highest BCUT2D eigenvalue weighted by Gasteiger charge is 2.26. The molecule has 1 unspecified atom stereocenters. The predicted molar refractivity (Wildman–Crippen MR) is 99.9 cm³/mol. The van der Waals surface area contributed by atoms with Crippen LogP contribution in [0.15, 0.2) is 18.2 Å². The largest absolute Gasteiger partial charge is 0.478 e. The molecule has 140 valence electrons. The highest BCUT2D eigenvalue weighted by molar-refractivity contribution is 5.88. The first kappa shape index (κ1) is 21.2. The Morgan fingerprint density at radius 2 is 1.92 bits per heavy atom. The van der Waals surface area contributed by atoms with Crippen LogP contribution in [0.2, 0.25) is 0 Å². The van der Waals surface area contributed by atoms with Gasteiger partial charge in [-0.25, -0.2) is 4.79 Å². The van der Waals surface area contributed by atoms with E-state index in [2.05, 4.69) is 27.7 Å². The van der Waals surface area contributed by atoms with Crippen molar-refractivity contribution in [2.75, 3.05) is 6.61 Å². The fourth-order valence-corrected chi connectivity index (χ4v) is 2.87. The molecule has 0 radical (unpaired) electrons. The molecule has 1 atom stereocenters. The van der Waals surface area contributed by atoms with Crippen molar-refractivity contribution < 1.29 is 19.4 Å². The van der Waals surface area contributed by atoms with Crippen molar-refractivity contribution in [1.29, 1.82) is 0 Å². The Kier molecular flexibility index (Phi) is 9.25. The average Bonchev–Trinajstić information content (AvgIpc) is 2.58. The zero-order valence-electron chi connectivity index (χ0n) is 16.0. The lowest BCUT2D eigenvalue weighted by atomic mass is 9.83. The van der Waals surface area contributed by atoms with Crippen LogP contribution in [0.4, 0.5) is 0 Å². The minimum absolute atomic E-state index is 0.0952. The van der Waals surface area contributed by atoms with E-state index in [-0.39, 0.29) is 11.9 Å². The minimum atomic E-state index is -0.908. The van der Waals surface area contributed by atoms with E-state index >= 15 is 0 Å². The standard InChI is InChI=1S/C18H24O4.C3H8/c1-12(2)4-3-9-22-18(21)16-8-6-13-10-15(17(19)20)7-5-14(13)11-16;1-3-2/h5,7,10,12,16H,3-4,6,8-9,11H2,1-2H3,(H,19,20);3H2,1-2H3. The van der Waals surface area contributed by atoms with Crippen molar-refractivity contribution in [1.82, 2.24) is 0 Å². The monoisotopic (exact) mass is 348 g/mol. The molecule has 1 aliphatic carbocycles. The maximum absolute atomic E-state index is 12.1. The van der Waals surface area contributed by atoms with Crippen LogP contribution >= 0.6 is 0 Å². The number of esters is 1. The minimum Gasteiger partial charge on any atom is -0.478 e. The Bertz CT molecular complexity index is 563. The number of carbonyl (C=O) groups excluding carboxylic acids is 1. The average molecular weight is 348 g/mol. The summed E-state index contributed by atoms with van der Waals surface area (Å²) >= 11 is 0. The first-order valence-corrected chi connectivity index (χ1v) is 9.40. The van der Waals surface area contributed by atoms with E-state index in [1.54, 1.807) is 12.1 Å². The molecule has 1 N–H and O–H groups in total. The van der Waals surface area contributed by atoms with Gasteiger partial charge in [0.15, 0.2) is 0 Å². The van der Waals surface area contributed by atoms with Gasteiger partial charge in [0.05, 0.1) is 18.1 Å². The summed E-state index contributed by atoms with van der Waals surface area (Å²) < 4.78 is 5.38. The molecular formula is C21H32O4. The summed E-state index contributed by atoms with van der Waals surface area (Å²) in [6, 6.07) is 5.16. The van der Waals surface area contributed by atoms with Crippen LogP contribution in [0.25, 0.3) is 0 Å². The number of aromatic carboxylic acids is 1. The maximum Gasteiger partial charge on any atom is 0.335 e. The fourth-order valence-electron chi connectivity index (χ4n) is 2.87. The molecule has 0 heterocycles. The Morgan fingerprint density at radius 3 is 2.52 bits per heavy atom. The number of rotatable bonds is 6. The number of hydrogen-bond acceptors (Lipinski definition) is 3. The first-order valence-electron chi connectivity index (χ1n) is 9.40.